The number of carbonyl (C=O) groups is 1. The Morgan fingerprint density at radius 1 is 1.53 bits per heavy atom. The Morgan fingerprint density at radius 3 is 3.16 bits per heavy atom. The van der Waals surface area contributed by atoms with Crippen molar-refractivity contribution in [1.29, 1.82) is 0 Å². The van der Waals surface area contributed by atoms with Gasteiger partial charge in [-0.1, -0.05) is 23.7 Å². The molecule has 0 saturated carbocycles. The molecule has 5 heteroatoms. The molecule has 0 radical (unpaired) electrons. The summed E-state index contributed by atoms with van der Waals surface area (Å²) in [6.07, 6.45) is 2.36. The zero-order valence-electron chi connectivity index (χ0n) is 10.7. The molecular formula is C14H18ClNO2S. The van der Waals surface area contributed by atoms with E-state index in [1.165, 1.54) is 0 Å². The van der Waals surface area contributed by atoms with E-state index in [0.29, 0.717) is 12.3 Å². The summed E-state index contributed by atoms with van der Waals surface area (Å²) in [5, 5.41) is 3.65. The van der Waals surface area contributed by atoms with E-state index in [4.69, 9.17) is 16.3 Å². The lowest BCUT2D eigenvalue weighted by atomic mass is 10.2. The average Bonchev–Trinajstić information content (AvgIpc) is 2.89. The lowest BCUT2D eigenvalue weighted by molar-refractivity contribution is -0.119. The summed E-state index contributed by atoms with van der Waals surface area (Å²) in [6.45, 7) is 1.46. The first-order valence-corrected chi connectivity index (χ1v) is 7.98. The molecule has 3 nitrogen and oxygen atoms in total. The van der Waals surface area contributed by atoms with E-state index in [9.17, 15) is 4.79 Å². The molecule has 1 amide bonds. The minimum atomic E-state index is 0.0718. The van der Waals surface area contributed by atoms with Gasteiger partial charge in [-0.3, -0.25) is 4.79 Å². The molecule has 0 bridgehead atoms. The number of benzene rings is 1. The average molecular weight is 300 g/mol. The van der Waals surface area contributed by atoms with Crippen molar-refractivity contribution in [3.63, 3.8) is 0 Å². The predicted octanol–water partition coefficient (Wildman–Crippen LogP) is 2.87. The van der Waals surface area contributed by atoms with Crippen LogP contribution in [0, 0.1) is 0 Å². The molecule has 0 spiro atoms. The van der Waals surface area contributed by atoms with Gasteiger partial charge in [-0.15, -0.1) is 11.8 Å². The van der Waals surface area contributed by atoms with Gasteiger partial charge in [0, 0.05) is 23.9 Å². The fraction of sp³-hybridized carbons (Fsp3) is 0.500. The van der Waals surface area contributed by atoms with E-state index in [-0.39, 0.29) is 12.0 Å². The summed E-state index contributed by atoms with van der Waals surface area (Å²) in [4.78, 5) is 11.6. The third-order valence-electron chi connectivity index (χ3n) is 2.94. The van der Waals surface area contributed by atoms with Crippen LogP contribution in [-0.4, -0.2) is 30.9 Å². The molecule has 104 valence electrons. The van der Waals surface area contributed by atoms with E-state index in [0.717, 1.165) is 35.8 Å². The maximum absolute atomic E-state index is 11.6. The standard InChI is InChI=1S/C14H18ClNO2S/c15-12-4-1-3-11(7-12)9-19-10-14(17)16-8-13-5-2-6-18-13/h1,3-4,7,13H,2,5-6,8-10H2,(H,16,17)/t13-/m0/s1. The van der Waals surface area contributed by atoms with Crippen LogP contribution in [0.3, 0.4) is 0 Å². The van der Waals surface area contributed by atoms with Crippen molar-refractivity contribution < 1.29 is 9.53 Å². The van der Waals surface area contributed by atoms with Gasteiger partial charge in [0.1, 0.15) is 0 Å². The zero-order chi connectivity index (χ0) is 13.5. The zero-order valence-corrected chi connectivity index (χ0v) is 12.3. The molecule has 1 N–H and O–H groups in total. The second kappa shape index (κ2) is 7.78. The first kappa shape index (κ1) is 14.7. The molecule has 1 saturated heterocycles. The smallest absolute Gasteiger partial charge is 0.230 e. The third kappa shape index (κ3) is 5.43. The summed E-state index contributed by atoms with van der Waals surface area (Å²) >= 11 is 7.50. The Hall–Kier alpha value is -0.710. The Balaban J connectivity index is 1.60. The highest BCUT2D eigenvalue weighted by Gasteiger charge is 2.15. The van der Waals surface area contributed by atoms with Crippen LogP contribution in [0.15, 0.2) is 24.3 Å². The molecule has 1 aromatic rings. The number of hydrogen-bond donors (Lipinski definition) is 1. The van der Waals surface area contributed by atoms with E-state index in [1.54, 1.807) is 11.8 Å². The van der Waals surface area contributed by atoms with Crippen LogP contribution in [0.4, 0.5) is 0 Å². The van der Waals surface area contributed by atoms with Crippen LogP contribution in [0.2, 0.25) is 5.02 Å². The Bertz CT molecular complexity index is 422. The number of halogens is 1. The van der Waals surface area contributed by atoms with Crippen LogP contribution in [0.1, 0.15) is 18.4 Å². The van der Waals surface area contributed by atoms with Crippen molar-refractivity contribution >= 4 is 29.3 Å². The summed E-state index contributed by atoms with van der Waals surface area (Å²) in [6, 6.07) is 7.72. The molecule has 1 aromatic carbocycles. The minimum Gasteiger partial charge on any atom is -0.376 e. The maximum atomic E-state index is 11.6. The molecule has 1 fully saturated rings. The van der Waals surface area contributed by atoms with Crippen LogP contribution in [-0.2, 0) is 15.3 Å². The van der Waals surface area contributed by atoms with Crippen molar-refractivity contribution in [2.24, 2.45) is 0 Å². The fourth-order valence-corrected chi connectivity index (χ4v) is 2.99. The number of carbonyl (C=O) groups excluding carboxylic acids is 1. The van der Waals surface area contributed by atoms with Gasteiger partial charge in [-0.25, -0.2) is 0 Å². The summed E-state index contributed by atoms with van der Waals surface area (Å²) in [5.74, 6) is 1.34. The highest BCUT2D eigenvalue weighted by molar-refractivity contribution is 7.99. The monoisotopic (exact) mass is 299 g/mol. The van der Waals surface area contributed by atoms with Crippen LogP contribution in [0.25, 0.3) is 0 Å². The second-order valence-corrected chi connectivity index (χ2v) is 5.98. The molecule has 1 aliphatic rings. The maximum Gasteiger partial charge on any atom is 0.230 e. The summed E-state index contributed by atoms with van der Waals surface area (Å²) in [7, 11) is 0. The van der Waals surface area contributed by atoms with Gasteiger partial charge in [-0.05, 0) is 30.5 Å². The summed E-state index contributed by atoms with van der Waals surface area (Å²) in [5.41, 5.74) is 1.14. The van der Waals surface area contributed by atoms with E-state index >= 15 is 0 Å². The molecule has 1 aliphatic heterocycles. The quantitative estimate of drug-likeness (QED) is 0.878. The van der Waals surface area contributed by atoms with Crippen LogP contribution in [0.5, 0.6) is 0 Å². The van der Waals surface area contributed by atoms with Gasteiger partial charge in [0.25, 0.3) is 0 Å². The predicted molar refractivity (Wildman–Crippen MR) is 79.6 cm³/mol. The van der Waals surface area contributed by atoms with E-state index < -0.39 is 0 Å². The largest absolute Gasteiger partial charge is 0.376 e. The first-order valence-electron chi connectivity index (χ1n) is 6.44. The van der Waals surface area contributed by atoms with Gasteiger partial charge in [0.05, 0.1) is 11.9 Å². The van der Waals surface area contributed by atoms with Crippen molar-refractivity contribution in [1.82, 2.24) is 5.32 Å². The molecule has 0 aliphatic carbocycles. The molecule has 2 rings (SSSR count). The SMILES string of the molecule is O=C(CSCc1cccc(Cl)c1)NC[C@@H]1CCCO1. The third-order valence-corrected chi connectivity index (χ3v) is 4.18. The van der Waals surface area contributed by atoms with Crippen molar-refractivity contribution in [3.05, 3.63) is 34.9 Å². The highest BCUT2D eigenvalue weighted by Crippen LogP contribution is 2.16. The van der Waals surface area contributed by atoms with E-state index in [2.05, 4.69) is 5.32 Å². The second-order valence-electron chi connectivity index (χ2n) is 4.56. The van der Waals surface area contributed by atoms with Crippen molar-refractivity contribution in [3.8, 4) is 0 Å². The Morgan fingerprint density at radius 2 is 2.42 bits per heavy atom. The topological polar surface area (TPSA) is 38.3 Å². The van der Waals surface area contributed by atoms with Gasteiger partial charge in [-0.2, -0.15) is 0 Å². The Kier molecular flexibility index (Phi) is 6.01. The normalized spacial score (nSPS) is 18.5. The summed E-state index contributed by atoms with van der Waals surface area (Å²) < 4.78 is 5.45. The van der Waals surface area contributed by atoms with Gasteiger partial charge in [0.2, 0.25) is 5.91 Å². The molecule has 0 aromatic heterocycles. The van der Waals surface area contributed by atoms with Crippen molar-refractivity contribution in [2.75, 3.05) is 18.9 Å². The lowest BCUT2D eigenvalue weighted by Gasteiger charge is -2.10. The van der Waals surface area contributed by atoms with Crippen LogP contribution < -0.4 is 5.32 Å². The van der Waals surface area contributed by atoms with E-state index in [1.807, 2.05) is 24.3 Å². The van der Waals surface area contributed by atoms with Gasteiger partial charge in [0.15, 0.2) is 0 Å². The van der Waals surface area contributed by atoms with Gasteiger partial charge < -0.3 is 10.1 Å². The van der Waals surface area contributed by atoms with Gasteiger partial charge >= 0.3 is 0 Å². The number of ether oxygens (including phenoxy) is 1. The number of rotatable bonds is 6. The molecular weight excluding hydrogens is 282 g/mol. The number of thioether (sulfide) groups is 1. The fourth-order valence-electron chi connectivity index (χ4n) is 1.97. The van der Waals surface area contributed by atoms with Crippen LogP contribution >= 0.6 is 23.4 Å². The molecule has 1 heterocycles. The highest BCUT2D eigenvalue weighted by atomic mass is 35.5. The Labute approximate surface area is 123 Å². The molecule has 1 atom stereocenters. The first-order chi connectivity index (χ1) is 9.24. The minimum absolute atomic E-state index is 0.0718. The molecule has 19 heavy (non-hydrogen) atoms. The number of amides is 1. The number of hydrogen-bond acceptors (Lipinski definition) is 3. The lowest BCUT2D eigenvalue weighted by Crippen LogP contribution is -2.32. The van der Waals surface area contributed by atoms with Crippen molar-refractivity contribution in [2.45, 2.75) is 24.7 Å². The molecule has 0 unspecified atom stereocenters. The number of nitrogens with one attached hydrogen (secondary N) is 1.